The highest BCUT2D eigenvalue weighted by atomic mass is 32.1. The van der Waals surface area contributed by atoms with Crippen molar-refractivity contribution in [1.29, 1.82) is 0 Å². The molecule has 2 aromatic heterocycles. The van der Waals surface area contributed by atoms with Crippen molar-refractivity contribution in [3.8, 4) is 0 Å². The molecule has 3 heterocycles. The number of H-pyrrole nitrogens is 1. The maximum Gasteiger partial charge on any atom is 0.255 e. The molecule has 0 aliphatic carbocycles. The Morgan fingerprint density at radius 1 is 1.56 bits per heavy atom. The molecule has 0 bridgehead atoms. The number of nitrogens with one attached hydrogen (secondary N) is 1. The van der Waals surface area contributed by atoms with Gasteiger partial charge in [0.05, 0.1) is 16.8 Å². The highest BCUT2D eigenvalue weighted by molar-refractivity contribution is 7.09. The van der Waals surface area contributed by atoms with E-state index < -0.39 is 0 Å². The van der Waals surface area contributed by atoms with Gasteiger partial charge in [-0.15, -0.1) is 11.3 Å². The van der Waals surface area contributed by atoms with Crippen molar-refractivity contribution in [3.63, 3.8) is 0 Å². The lowest BCUT2D eigenvalue weighted by Crippen LogP contribution is -2.35. The molecule has 0 fully saturated rings. The molecule has 0 spiro atoms. The minimum absolute atomic E-state index is 0.00602. The van der Waals surface area contributed by atoms with Gasteiger partial charge in [-0.1, -0.05) is 0 Å². The monoisotopic (exact) mass is 262 g/mol. The Morgan fingerprint density at radius 3 is 3.22 bits per heavy atom. The molecule has 94 valence electrons. The minimum Gasteiger partial charge on any atom is -0.310 e. The number of hydrogen-bond donors (Lipinski definition) is 1. The van der Waals surface area contributed by atoms with E-state index >= 15 is 0 Å². The summed E-state index contributed by atoms with van der Waals surface area (Å²) in [4.78, 5) is 26.7. The second kappa shape index (κ2) is 4.62. The average Bonchev–Trinajstić information content (AvgIpc) is 2.83. The van der Waals surface area contributed by atoms with Gasteiger partial charge >= 0.3 is 0 Å². The van der Waals surface area contributed by atoms with Crippen molar-refractivity contribution in [2.75, 3.05) is 6.54 Å². The van der Waals surface area contributed by atoms with Crippen molar-refractivity contribution in [2.45, 2.75) is 26.4 Å². The first-order valence-corrected chi connectivity index (χ1v) is 6.79. The van der Waals surface area contributed by atoms with Gasteiger partial charge in [0.2, 0.25) is 0 Å². The quantitative estimate of drug-likeness (QED) is 0.880. The topological polar surface area (TPSA) is 61.9 Å². The summed E-state index contributed by atoms with van der Waals surface area (Å²) in [6.07, 6.45) is 2.73. The molecule has 1 aliphatic rings. The lowest BCUT2D eigenvalue weighted by molar-refractivity contribution is 0.243. The Hall–Kier alpha value is -1.53. The number of hydrogen-bond acceptors (Lipinski definition) is 5. The molecule has 3 rings (SSSR count). The molecule has 0 aromatic carbocycles. The van der Waals surface area contributed by atoms with Gasteiger partial charge in [-0.05, 0) is 6.92 Å². The van der Waals surface area contributed by atoms with E-state index in [4.69, 9.17) is 0 Å². The average molecular weight is 262 g/mol. The maximum atomic E-state index is 11.9. The van der Waals surface area contributed by atoms with Gasteiger partial charge in [-0.25, -0.2) is 4.98 Å². The molecule has 2 aromatic rings. The molecule has 0 atom stereocenters. The van der Waals surface area contributed by atoms with Crippen molar-refractivity contribution in [2.24, 2.45) is 0 Å². The van der Waals surface area contributed by atoms with Gasteiger partial charge in [0.1, 0.15) is 5.82 Å². The van der Waals surface area contributed by atoms with Gasteiger partial charge < -0.3 is 4.98 Å². The van der Waals surface area contributed by atoms with Crippen molar-refractivity contribution in [1.82, 2.24) is 19.9 Å². The third kappa shape index (κ3) is 2.21. The molecular weight excluding hydrogens is 248 g/mol. The predicted molar refractivity (Wildman–Crippen MR) is 69.5 cm³/mol. The fourth-order valence-electron chi connectivity index (χ4n) is 2.28. The van der Waals surface area contributed by atoms with Gasteiger partial charge in [0.15, 0.2) is 0 Å². The molecule has 6 heteroatoms. The zero-order chi connectivity index (χ0) is 12.5. The van der Waals surface area contributed by atoms with Crippen LogP contribution in [0.5, 0.6) is 0 Å². The Labute approximate surface area is 109 Å². The Balaban J connectivity index is 1.83. The second-order valence-corrected chi connectivity index (χ2v) is 5.48. The predicted octanol–water partition coefficient (Wildman–Crippen LogP) is 1.09. The van der Waals surface area contributed by atoms with E-state index in [1.807, 2.05) is 18.6 Å². The zero-order valence-corrected chi connectivity index (χ0v) is 11.0. The van der Waals surface area contributed by atoms with Crippen LogP contribution in [-0.4, -0.2) is 26.4 Å². The standard InChI is InChI=1S/C12H14N4OS/c1-8-14-11-2-3-16(5-9-4-13-7-18-9)6-10(11)12(17)15-8/h4,7H,2-3,5-6H2,1H3,(H,14,15,17). The minimum atomic E-state index is 0.00602. The molecule has 0 radical (unpaired) electrons. The first-order valence-electron chi connectivity index (χ1n) is 5.91. The number of aromatic amines is 1. The van der Waals surface area contributed by atoms with Gasteiger partial charge in [-0.3, -0.25) is 14.7 Å². The van der Waals surface area contributed by atoms with Crippen molar-refractivity contribution < 1.29 is 0 Å². The normalized spacial score (nSPS) is 15.6. The fourth-order valence-corrected chi connectivity index (χ4v) is 2.92. The lowest BCUT2D eigenvalue weighted by Gasteiger charge is -2.26. The first-order chi connectivity index (χ1) is 8.72. The maximum absolute atomic E-state index is 11.9. The zero-order valence-electron chi connectivity index (χ0n) is 10.1. The second-order valence-electron chi connectivity index (χ2n) is 4.50. The van der Waals surface area contributed by atoms with Crippen LogP contribution >= 0.6 is 11.3 Å². The smallest absolute Gasteiger partial charge is 0.255 e. The number of aryl methyl sites for hydroxylation is 1. The van der Waals surface area contributed by atoms with Crippen LogP contribution in [0.1, 0.15) is 22.0 Å². The van der Waals surface area contributed by atoms with Gasteiger partial charge in [0, 0.05) is 37.1 Å². The Bertz CT molecular complexity index is 605. The van der Waals surface area contributed by atoms with Crippen LogP contribution in [-0.2, 0) is 19.5 Å². The fraction of sp³-hybridized carbons (Fsp3) is 0.417. The van der Waals surface area contributed by atoms with Crippen LogP contribution in [0.3, 0.4) is 0 Å². The summed E-state index contributed by atoms with van der Waals surface area (Å²) in [6.45, 7) is 4.30. The van der Waals surface area contributed by atoms with E-state index in [1.165, 1.54) is 4.88 Å². The third-order valence-corrected chi connectivity index (χ3v) is 3.89. The van der Waals surface area contributed by atoms with Crippen molar-refractivity contribution in [3.05, 3.63) is 44.0 Å². The number of nitrogens with zero attached hydrogens (tertiary/aromatic N) is 3. The summed E-state index contributed by atoms with van der Waals surface area (Å²) in [5.74, 6) is 0.703. The first kappa shape index (κ1) is 11.6. The Morgan fingerprint density at radius 2 is 2.44 bits per heavy atom. The molecule has 1 N–H and O–H groups in total. The highest BCUT2D eigenvalue weighted by Gasteiger charge is 2.20. The number of rotatable bonds is 2. The summed E-state index contributed by atoms with van der Waals surface area (Å²) in [7, 11) is 0. The molecule has 0 unspecified atom stereocenters. The molecule has 0 saturated carbocycles. The lowest BCUT2D eigenvalue weighted by atomic mass is 10.1. The molecule has 5 nitrogen and oxygen atoms in total. The van der Waals surface area contributed by atoms with Crippen LogP contribution in [0.4, 0.5) is 0 Å². The van der Waals surface area contributed by atoms with E-state index in [-0.39, 0.29) is 5.56 Å². The number of thiazole rings is 1. The van der Waals surface area contributed by atoms with E-state index in [0.29, 0.717) is 12.4 Å². The summed E-state index contributed by atoms with van der Waals surface area (Å²) < 4.78 is 0. The molecule has 1 aliphatic heterocycles. The molecule has 18 heavy (non-hydrogen) atoms. The van der Waals surface area contributed by atoms with E-state index in [0.717, 1.165) is 30.8 Å². The van der Waals surface area contributed by atoms with Gasteiger partial charge in [-0.2, -0.15) is 0 Å². The van der Waals surface area contributed by atoms with E-state index in [1.54, 1.807) is 11.3 Å². The number of fused-ring (bicyclic) bond motifs is 1. The van der Waals surface area contributed by atoms with Crippen LogP contribution in [0.25, 0.3) is 0 Å². The molecule has 0 saturated heterocycles. The van der Waals surface area contributed by atoms with E-state index in [9.17, 15) is 4.79 Å². The summed E-state index contributed by atoms with van der Waals surface area (Å²) >= 11 is 1.65. The third-order valence-electron chi connectivity index (χ3n) is 3.13. The van der Waals surface area contributed by atoms with Crippen molar-refractivity contribution >= 4 is 11.3 Å². The van der Waals surface area contributed by atoms with Crippen LogP contribution in [0.15, 0.2) is 16.5 Å². The van der Waals surface area contributed by atoms with Gasteiger partial charge in [0.25, 0.3) is 5.56 Å². The highest BCUT2D eigenvalue weighted by Crippen LogP contribution is 2.17. The SMILES string of the molecule is Cc1nc2c(c(=O)[nH]1)CN(Cc1cncs1)CC2. The largest absolute Gasteiger partial charge is 0.310 e. The van der Waals surface area contributed by atoms with Crippen LogP contribution in [0, 0.1) is 6.92 Å². The molecular formula is C12H14N4OS. The summed E-state index contributed by atoms with van der Waals surface area (Å²) in [6, 6.07) is 0. The summed E-state index contributed by atoms with van der Waals surface area (Å²) in [5.41, 5.74) is 3.62. The van der Waals surface area contributed by atoms with Crippen LogP contribution < -0.4 is 5.56 Å². The van der Waals surface area contributed by atoms with Crippen LogP contribution in [0.2, 0.25) is 0 Å². The summed E-state index contributed by atoms with van der Waals surface area (Å²) in [5, 5.41) is 0. The molecule has 0 amide bonds. The number of aromatic nitrogens is 3. The Kier molecular flexibility index (Phi) is 2.97. The van der Waals surface area contributed by atoms with E-state index in [2.05, 4.69) is 19.9 Å².